The standard InChI is InChI=1S/C19H19Cl3N2O2/c1-12(19(26)23-2)24(11-14-5-3-4-6-15(14)20)18(25)10-13-7-8-16(21)17(22)9-13/h3-9,12H,10-11H2,1-2H3,(H,23,26)/t12-/m1/s1. The first-order chi connectivity index (χ1) is 12.3. The molecule has 1 N–H and O–H groups in total. The van der Waals surface area contributed by atoms with Crippen molar-refractivity contribution < 1.29 is 9.59 Å². The summed E-state index contributed by atoms with van der Waals surface area (Å²) in [7, 11) is 1.54. The summed E-state index contributed by atoms with van der Waals surface area (Å²) in [5.41, 5.74) is 1.49. The van der Waals surface area contributed by atoms with E-state index < -0.39 is 6.04 Å². The fraction of sp³-hybridized carbons (Fsp3) is 0.263. The molecule has 2 amide bonds. The number of halogens is 3. The highest BCUT2D eigenvalue weighted by Crippen LogP contribution is 2.24. The largest absolute Gasteiger partial charge is 0.357 e. The number of carbonyl (C=O) groups excluding carboxylic acids is 2. The Hall–Kier alpha value is -1.75. The molecule has 7 heteroatoms. The number of rotatable bonds is 6. The Morgan fingerprint density at radius 3 is 2.35 bits per heavy atom. The average Bonchev–Trinajstić information content (AvgIpc) is 2.62. The molecule has 1 atom stereocenters. The second-order valence-electron chi connectivity index (χ2n) is 5.83. The predicted octanol–water partition coefficient (Wildman–Crippen LogP) is 4.35. The Labute approximate surface area is 168 Å². The molecule has 0 saturated heterocycles. The van der Waals surface area contributed by atoms with Crippen molar-refractivity contribution in [1.29, 1.82) is 0 Å². The molecule has 0 unspecified atom stereocenters. The van der Waals surface area contributed by atoms with Gasteiger partial charge >= 0.3 is 0 Å². The van der Waals surface area contributed by atoms with Crippen molar-refractivity contribution in [3.8, 4) is 0 Å². The highest BCUT2D eigenvalue weighted by molar-refractivity contribution is 6.42. The molecular weight excluding hydrogens is 395 g/mol. The van der Waals surface area contributed by atoms with Gasteiger partial charge in [-0.15, -0.1) is 0 Å². The lowest BCUT2D eigenvalue weighted by atomic mass is 10.1. The van der Waals surface area contributed by atoms with Crippen LogP contribution in [0.15, 0.2) is 42.5 Å². The monoisotopic (exact) mass is 412 g/mol. The Morgan fingerprint density at radius 1 is 1.04 bits per heavy atom. The average molecular weight is 414 g/mol. The third-order valence-electron chi connectivity index (χ3n) is 4.05. The van der Waals surface area contributed by atoms with E-state index in [0.717, 1.165) is 11.1 Å². The molecule has 2 aromatic rings. The number of likely N-dealkylation sites (N-methyl/N-ethyl adjacent to an activating group) is 1. The number of hydrogen-bond donors (Lipinski definition) is 1. The van der Waals surface area contributed by atoms with Crippen molar-refractivity contribution in [3.05, 3.63) is 68.7 Å². The summed E-state index contributed by atoms with van der Waals surface area (Å²) < 4.78 is 0. The molecule has 138 valence electrons. The van der Waals surface area contributed by atoms with Crippen LogP contribution in [0.1, 0.15) is 18.1 Å². The van der Waals surface area contributed by atoms with E-state index in [4.69, 9.17) is 34.8 Å². The SMILES string of the molecule is CNC(=O)[C@@H](C)N(Cc1ccccc1Cl)C(=O)Cc1ccc(Cl)c(Cl)c1. The second kappa shape index (κ2) is 9.26. The number of nitrogens with zero attached hydrogens (tertiary/aromatic N) is 1. The summed E-state index contributed by atoms with van der Waals surface area (Å²) in [4.78, 5) is 26.5. The molecule has 0 bridgehead atoms. The maximum absolute atomic E-state index is 12.9. The van der Waals surface area contributed by atoms with Crippen LogP contribution in [0.3, 0.4) is 0 Å². The Bertz CT molecular complexity index is 811. The van der Waals surface area contributed by atoms with Crippen molar-refractivity contribution >= 4 is 46.6 Å². The van der Waals surface area contributed by atoms with Crippen LogP contribution in [0.4, 0.5) is 0 Å². The van der Waals surface area contributed by atoms with Crippen LogP contribution >= 0.6 is 34.8 Å². The van der Waals surface area contributed by atoms with Crippen LogP contribution in [-0.4, -0.2) is 29.8 Å². The molecule has 2 rings (SSSR count). The number of nitrogens with one attached hydrogen (secondary N) is 1. The molecule has 0 radical (unpaired) electrons. The quantitative estimate of drug-likeness (QED) is 0.765. The molecule has 0 aliphatic rings. The number of carbonyl (C=O) groups is 2. The Balaban J connectivity index is 2.26. The first-order valence-corrected chi connectivity index (χ1v) is 9.15. The topological polar surface area (TPSA) is 49.4 Å². The van der Waals surface area contributed by atoms with Crippen LogP contribution in [0, 0.1) is 0 Å². The minimum Gasteiger partial charge on any atom is -0.357 e. The van der Waals surface area contributed by atoms with Gasteiger partial charge in [-0.05, 0) is 36.2 Å². The molecule has 0 aliphatic heterocycles. The van der Waals surface area contributed by atoms with Gasteiger partial charge in [0.15, 0.2) is 0 Å². The van der Waals surface area contributed by atoms with Gasteiger partial charge in [0.05, 0.1) is 16.5 Å². The molecule has 0 heterocycles. The lowest BCUT2D eigenvalue weighted by molar-refractivity contribution is -0.139. The minimum absolute atomic E-state index is 0.0999. The highest BCUT2D eigenvalue weighted by atomic mass is 35.5. The van der Waals surface area contributed by atoms with Gasteiger partial charge in [-0.2, -0.15) is 0 Å². The second-order valence-corrected chi connectivity index (χ2v) is 7.05. The Kier molecular flexibility index (Phi) is 7.33. The molecule has 0 aliphatic carbocycles. The molecule has 4 nitrogen and oxygen atoms in total. The summed E-state index contributed by atoms with van der Waals surface area (Å²) in [6.45, 7) is 1.91. The van der Waals surface area contributed by atoms with E-state index in [1.165, 1.54) is 11.9 Å². The van der Waals surface area contributed by atoms with Crippen molar-refractivity contribution in [1.82, 2.24) is 10.2 Å². The fourth-order valence-corrected chi connectivity index (χ4v) is 3.04. The normalized spacial score (nSPS) is 11.7. The van der Waals surface area contributed by atoms with Crippen LogP contribution < -0.4 is 5.32 Å². The lowest BCUT2D eigenvalue weighted by Crippen LogP contribution is -2.47. The van der Waals surface area contributed by atoms with Gasteiger partial charge in [0.1, 0.15) is 6.04 Å². The van der Waals surface area contributed by atoms with Gasteiger partial charge in [-0.25, -0.2) is 0 Å². The van der Waals surface area contributed by atoms with Crippen LogP contribution in [0.5, 0.6) is 0 Å². The summed E-state index contributed by atoms with van der Waals surface area (Å²) in [5, 5.41) is 3.93. The minimum atomic E-state index is -0.647. The number of hydrogen-bond acceptors (Lipinski definition) is 2. The van der Waals surface area contributed by atoms with Crippen molar-refractivity contribution in [2.45, 2.75) is 25.9 Å². The third kappa shape index (κ3) is 5.13. The van der Waals surface area contributed by atoms with Gasteiger partial charge in [0.25, 0.3) is 0 Å². The number of amides is 2. The van der Waals surface area contributed by atoms with E-state index in [1.54, 1.807) is 31.2 Å². The van der Waals surface area contributed by atoms with E-state index in [0.29, 0.717) is 15.1 Å². The predicted molar refractivity (Wildman–Crippen MR) is 106 cm³/mol. The van der Waals surface area contributed by atoms with Crippen LogP contribution in [-0.2, 0) is 22.6 Å². The van der Waals surface area contributed by atoms with E-state index in [9.17, 15) is 9.59 Å². The van der Waals surface area contributed by atoms with Crippen LogP contribution in [0.25, 0.3) is 0 Å². The highest BCUT2D eigenvalue weighted by Gasteiger charge is 2.26. The first-order valence-electron chi connectivity index (χ1n) is 8.02. The zero-order valence-corrected chi connectivity index (χ0v) is 16.7. The molecule has 0 fully saturated rings. The summed E-state index contributed by atoms with van der Waals surface area (Å²) in [6, 6.07) is 11.6. The molecule has 2 aromatic carbocycles. The molecule has 26 heavy (non-hydrogen) atoms. The zero-order valence-electron chi connectivity index (χ0n) is 14.4. The molecule has 0 saturated carbocycles. The lowest BCUT2D eigenvalue weighted by Gasteiger charge is -2.28. The van der Waals surface area contributed by atoms with Crippen LogP contribution in [0.2, 0.25) is 15.1 Å². The van der Waals surface area contributed by atoms with E-state index >= 15 is 0 Å². The third-order valence-corrected chi connectivity index (χ3v) is 5.16. The van der Waals surface area contributed by atoms with Gasteiger partial charge < -0.3 is 10.2 Å². The van der Waals surface area contributed by atoms with E-state index in [1.807, 2.05) is 18.2 Å². The zero-order chi connectivity index (χ0) is 19.3. The van der Waals surface area contributed by atoms with E-state index in [-0.39, 0.29) is 24.8 Å². The van der Waals surface area contributed by atoms with Gasteiger partial charge in [0.2, 0.25) is 11.8 Å². The summed E-state index contributed by atoms with van der Waals surface area (Å²) in [5.74, 6) is -0.459. The fourth-order valence-electron chi connectivity index (χ4n) is 2.53. The van der Waals surface area contributed by atoms with Crippen molar-refractivity contribution in [2.75, 3.05) is 7.05 Å². The van der Waals surface area contributed by atoms with Crippen molar-refractivity contribution in [2.24, 2.45) is 0 Å². The van der Waals surface area contributed by atoms with Gasteiger partial charge in [-0.3, -0.25) is 9.59 Å². The smallest absolute Gasteiger partial charge is 0.242 e. The maximum atomic E-state index is 12.9. The number of benzene rings is 2. The van der Waals surface area contributed by atoms with Gasteiger partial charge in [0, 0.05) is 18.6 Å². The molecular formula is C19H19Cl3N2O2. The van der Waals surface area contributed by atoms with Gasteiger partial charge in [-0.1, -0.05) is 59.1 Å². The maximum Gasteiger partial charge on any atom is 0.242 e. The van der Waals surface area contributed by atoms with E-state index in [2.05, 4.69) is 5.32 Å². The van der Waals surface area contributed by atoms with Crippen molar-refractivity contribution in [3.63, 3.8) is 0 Å². The first kappa shape index (κ1) is 20.6. The summed E-state index contributed by atoms with van der Waals surface area (Å²) >= 11 is 18.2. The summed E-state index contributed by atoms with van der Waals surface area (Å²) in [6.07, 6.45) is 0.0999. The Morgan fingerprint density at radius 2 is 1.73 bits per heavy atom. The molecule has 0 spiro atoms. The molecule has 0 aromatic heterocycles.